The number of para-hydroxylation sites is 1. The Labute approximate surface area is 215 Å². The van der Waals surface area contributed by atoms with Gasteiger partial charge in [-0.25, -0.2) is 4.99 Å². The van der Waals surface area contributed by atoms with Gasteiger partial charge in [-0.15, -0.1) is 0 Å². The zero-order valence-corrected chi connectivity index (χ0v) is 21.5. The maximum atomic E-state index is 9.34. The molecule has 5 nitrogen and oxygen atoms in total. The highest BCUT2D eigenvalue weighted by Gasteiger charge is 2.17. The highest BCUT2D eigenvalue weighted by atomic mass is 16.5. The van der Waals surface area contributed by atoms with Gasteiger partial charge in [-0.2, -0.15) is 5.26 Å². The molecule has 0 bridgehead atoms. The Morgan fingerprint density at radius 2 is 1.72 bits per heavy atom. The lowest BCUT2D eigenvalue weighted by Gasteiger charge is -2.36. The molecular weight excluding hydrogens is 444 g/mol. The molecule has 4 rings (SSSR count). The SMILES string of the molecule is CCCCC(C#N)=Nc1ccc(OCc2cccc(CN3CCN(c4ccccc4)CC3)c2)cc1C. The van der Waals surface area contributed by atoms with E-state index >= 15 is 0 Å². The minimum atomic E-state index is 0.525. The molecule has 1 aliphatic heterocycles. The summed E-state index contributed by atoms with van der Waals surface area (Å²) in [5.41, 5.74) is 6.24. The summed E-state index contributed by atoms with van der Waals surface area (Å²) in [6, 6.07) is 27.5. The Bertz CT molecular complexity index is 1190. The average Bonchev–Trinajstić information content (AvgIpc) is 2.92. The summed E-state index contributed by atoms with van der Waals surface area (Å²) in [6.07, 6.45) is 2.76. The zero-order chi connectivity index (χ0) is 25.2. The van der Waals surface area contributed by atoms with E-state index in [0.29, 0.717) is 12.3 Å². The molecule has 0 atom stereocenters. The summed E-state index contributed by atoms with van der Waals surface area (Å²) < 4.78 is 6.10. The van der Waals surface area contributed by atoms with Gasteiger partial charge in [0.15, 0.2) is 0 Å². The van der Waals surface area contributed by atoms with Gasteiger partial charge in [0, 0.05) is 38.4 Å². The minimum absolute atomic E-state index is 0.525. The highest BCUT2D eigenvalue weighted by molar-refractivity contribution is 6.00. The monoisotopic (exact) mass is 480 g/mol. The van der Waals surface area contributed by atoms with Crippen molar-refractivity contribution in [2.45, 2.75) is 46.3 Å². The standard InChI is InChI=1S/C31H36N4O/c1-3-4-11-28(22-32)33-31-15-14-30(20-25(31)2)36-24-27-10-8-9-26(21-27)23-34-16-18-35(19-17-34)29-12-6-5-7-13-29/h5-10,12-15,20-21H,3-4,11,16-19,23-24H2,1-2H3. The number of rotatable bonds is 10. The van der Waals surface area contributed by atoms with Crippen molar-refractivity contribution in [2.24, 2.45) is 4.99 Å². The molecule has 186 valence electrons. The van der Waals surface area contributed by atoms with Gasteiger partial charge in [-0.1, -0.05) is 55.8 Å². The molecule has 36 heavy (non-hydrogen) atoms. The third-order valence-electron chi connectivity index (χ3n) is 6.62. The van der Waals surface area contributed by atoms with E-state index < -0.39 is 0 Å². The molecule has 1 saturated heterocycles. The Kier molecular flexibility index (Phi) is 9.13. The minimum Gasteiger partial charge on any atom is -0.489 e. The van der Waals surface area contributed by atoms with E-state index in [1.165, 1.54) is 16.8 Å². The third kappa shape index (κ3) is 7.19. The number of ether oxygens (including phenoxy) is 1. The van der Waals surface area contributed by atoms with Crippen LogP contribution < -0.4 is 9.64 Å². The molecule has 0 aliphatic carbocycles. The van der Waals surface area contributed by atoms with Gasteiger partial charge in [0.2, 0.25) is 0 Å². The largest absolute Gasteiger partial charge is 0.489 e. The van der Waals surface area contributed by atoms with Gasteiger partial charge in [-0.05, 0) is 66.8 Å². The van der Waals surface area contributed by atoms with Crippen LogP contribution in [0.5, 0.6) is 5.75 Å². The predicted octanol–water partition coefficient (Wildman–Crippen LogP) is 6.68. The number of hydrogen-bond donors (Lipinski definition) is 0. The fourth-order valence-electron chi connectivity index (χ4n) is 4.52. The summed E-state index contributed by atoms with van der Waals surface area (Å²) in [7, 11) is 0. The van der Waals surface area contributed by atoms with Crippen molar-refractivity contribution in [1.82, 2.24) is 4.90 Å². The molecule has 3 aromatic carbocycles. The van der Waals surface area contributed by atoms with Gasteiger partial charge in [0.1, 0.15) is 24.1 Å². The fourth-order valence-corrected chi connectivity index (χ4v) is 4.52. The lowest BCUT2D eigenvalue weighted by Crippen LogP contribution is -2.45. The van der Waals surface area contributed by atoms with Crippen LogP contribution in [0.1, 0.15) is 42.9 Å². The molecule has 0 amide bonds. The topological polar surface area (TPSA) is 51.9 Å². The number of unbranched alkanes of at least 4 members (excludes halogenated alkanes) is 1. The highest BCUT2D eigenvalue weighted by Crippen LogP contribution is 2.25. The second-order valence-electron chi connectivity index (χ2n) is 9.43. The third-order valence-corrected chi connectivity index (χ3v) is 6.62. The lowest BCUT2D eigenvalue weighted by molar-refractivity contribution is 0.249. The summed E-state index contributed by atoms with van der Waals surface area (Å²) in [4.78, 5) is 9.54. The first-order valence-electron chi connectivity index (χ1n) is 13.0. The average molecular weight is 481 g/mol. The molecule has 0 radical (unpaired) electrons. The zero-order valence-electron chi connectivity index (χ0n) is 21.5. The number of aliphatic imine (C=N–C) groups is 1. The van der Waals surface area contributed by atoms with Crippen molar-refractivity contribution < 1.29 is 4.74 Å². The second kappa shape index (κ2) is 12.9. The van der Waals surface area contributed by atoms with Crippen LogP contribution in [0.3, 0.4) is 0 Å². The summed E-state index contributed by atoms with van der Waals surface area (Å²) >= 11 is 0. The Morgan fingerprint density at radius 1 is 0.944 bits per heavy atom. The fraction of sp³-hybridized carbons (Fsp3) is 0.355. The van der Waals surface area contributed by atoms with Crippen molar-refractivity contribution in [3.05, 3.63) is 89.5 Å². The van der Waals surface area contributed by atoms with E-state index in [1.54, 1.807) is 0 Å². The summed E-state index contributed by atoms with van der Waals surface area (Å²) in [5, 5.41) is 9.34. The first-order valence-corrected chi connectivity index (χ1v) is 13.0. The number of anilines is 1. The van der Waals surface area contributed by atoms with Crippen LogP contribution in [0.15, 0.2) is 77.8 Å². The van der Waals surface area contributed by atoms with Crippen molar-refractivity contribution in [3.8, 4) is 11.8 Å². The van der Waals surface area contributed by atoms with Crippen LogP contribution in [0.25, 0.3) is 0 Å². The molecule has 1 heterocycles. The van der Waals surface area contributed by atoms with Crippen LogP contribution in [0.4, 0.5) is 11.4 Å². The van der Waals surface area contributed by atoms with E-state index in [9.17, 15) is 5.26 Å². The molecule has 0 aromatic heterocycles. The lowest BCUT2D eigenvalue weighted by atomic mass is 10.1. The van der Waals surface area contributed by atoms with Crippen LogP contribution in [0, 0.1) is 18.3 Å². The van der Waals surface area contributed by atoms with Crippen molar-refractivity contribution in [2.75, 3.05) is 31.1 Å². The molecule has 0 spiro atoms. The van der Waals surface area contributed by atoms with Crippen molar-refractivity contribution in [1.29, 1.82) is 5.26 Å². The quantitative estimate of drug-likeness (QED) is 0.304. The Balaban J connectivity index is 1.30. The Morgan fingerprint density at radius 3 is 2.44 bits per heavy atom. The number of hydrogen-bond acceptors (Lipinski definition) is 5. The number of nitrogens with zero attached hydrogens (tertiary/aromatic N) is 4. The van der Waals surface area contributed by atoms with Crippen LogP contribution >= 0.6 is 0 Å². The molecule has 0 N–H and O–H groups in total. The summed E-state index contributed by atoms with van der Waals surface area (Å²) in [5.74, 6) is 0.820. The molecule has 1 aliphatic rings. The van der Waals surface area contributed by atoms with Crippen LogP contribution in [-0.4, -0.2) is 36.8 Å². The molecule has 1 fully saturated rings. The normalized spacial score (nSPS) is 14.5. The van der Waals surface area contributed by atoms with Crippen molar-refractivity contribution >= 4 is 17.1 Å². The van der Waals surface area contributed by atoms with E-state index in [-0.39, 0.29) is 0 Å². The van der Waals surface area contributed by atoms with Gasteiger partial charge in [0.05, 0.1) is 5.69 Å². The molecule has 5 heteroatoms. The molecular formula is C31H36N4O. The first-order chi connectivity index (χ1) is 17.6. The number of nitriles is 1. The van der Waals surface area contributed by atoms with Gasteiger partial charge in [-0.3, -0.25) is 4.90 Å². The van der Waals surface area contributed by atoms with Gasteiger partial charge in [0.25, 0.3) is 0 Å². The van der Waals surface area contributed by atoms with E-state index in [1.807, 2.05) is 25.1 Å². The smallest absolute Gasteiger partial charge is 0.120 e. The van der Waals surface area contributed by atoms with Gasteiger partial charge >= 0.3 is 0 Å². The number of benzene rings is 3. The molecule has 0 saturated carbocycles. The number of piperazine rings is 1. The van der Waals surface area contributed by atoms with E-state index in [2.05, 4.69) is 82.4 Å². The van der Waals surface area contributed by atoms with Crippen molar-refractivity contribution in [3.63, 3.8) is 0 Å². The maximum Gasteiger partial charge on any atom is 0.120 e. The second-order valence-corrected chi connectivity index (χ2v) is 9.43. The molecule has 3 aromatic rings. The predicted molar refractivity (Wildman–Crippen MR) is 148 cm³/mol. The summed E-state index contributed by atoms with van der Waals surface area (Å²) in [6.45, 7) is 9.86. The van der Waals surface area contributed by atoms with Gasteiger partial charge < -0.3 is 9.64 Å². The maximum absolute atomic E-state index is 9.34. The van der Waals surface area contributed by atoms with Crippen LogP contribution in [-0.2, 0) is 13.2 Å². The van der Waals surface area contributed by atoms with Crippen LogP contribution in [0.2, 0.25) is 0 Å². The van der Waals surface area contributed by atoms with E-state index in [0.717, 1.165) is 69.0 Å². The van der Waals surface area contributed by atoms with E-state index in [4.69, 9.17) is 4.74 Å². The Hall–Kier alpha value is -3.62. The molecule has 0 unspecified atom stereocenters. The first kappa shape index (κ1) is 25.5. The number of aryl methyl sites for hydroxylation is 1.